The van der Waals surface area contributed by atoms with Crippen molar-refractivity contribution < 1.29 is 19.1 Å². The molecule has 1 aliphatic carbocycles. The molecule has 29 heavy (non-hydrogen) atoms. The Hall–Kier alpha value is -2.34. The van der Waals surface area contributed by atoms with Gasteiger partial charge in [-0.05, 0) is 55.5 Å². The minimum Gasteiger partial charge on any atom is -0.482 e. The van der Waals surface area contributed by atoms with Gasteiger partial charge in [0, 0.05) is 15.7 Å². The SMILES string of the molecule is COC(=O)COc1cccc(NC(=O)C(c2ccc(Br)cc2)C2CCCC2)c1C. The lowest BCUT2D eigenvalue weighted by Gasteiger charge is -2.24. The van der Waals surface area contributed by atoms with E-state index < -0.39 is 5.97 Å². The van der Waals surface area contributed by atoms with E-state index in [1.807, 2.05) is 37.3 Å². The van der Waals surface area contributed by atoms with E-state index in [4.69, 9.17) is 4.74 Å². The van der Waals surface area contributed by atoms with Crippen molar-refractivity contribution in [2.75, 3.05) is 19.0 Å². The molecule has 0 aliphatic heterocycles. The van der Waals surface area contributed by atoms with Gasteiger partial charge in [-0.1, -0.05) is 47.0 Å². The number of ether oxygens (including phenoxy) is 2. The van der Waals surface area contributed by atoms with Gasteiger partial charge in [-0.15, -0.1) is 0 Å². The lowest BCUT2D eigenvalue weighted by atomic mass is 9.84. The fourth-order valence-electron chi connectivity index (χ4n) is 3.91. The van der Waals surface area contributed by atoms with Gasteiger partial charge in [-0.25, -0.2) is 4.79 Å². The number of anilines is 1. The molecule has 1 saturated carbocycles. The average Bonchev–Trinajstić information content (AvgIpc) is 3.24. The number of rotatable bonds is 7. The van der Waals surface area contributed by atoms with Crippen molar-refractivity contribution in [1.29, 1.82) is 0 Å². The molecule has 1 fully saturated rings. The molecule has 6 heteroatoms. The summed E-state index contributed by atoms with van der Waals surface area (Å²) in [6, 6.07) is 13.4. The van der Waals surface area contributed by atoms with Gasteiger partial charge in [0.15, 0.2) is 6.61 Å². The predicted molar refractivity (Wildman–Crippen MR) is 116 cm³/mol. The Kier molecular flexibility index (Phi) is 7.31. The van der Waals surface area contributed by atoms with Gasteiger partial charge in [0.2, 0.25) is 5.91 Å². The molecule has 1 N–H and O–H groups in total. The van der Waals surface area contributed by atoms with Crippen LogP contribution in [-0.2, 0) is 14.3 Å². The third-order valence-electron chi connectivity index (χ3n) is 5.50. The van der Waals surface area contributed by atoms with Crippen molar-refractivity contribution in [1.82, 2.24) is 0 Å². The molecule has 2 aromatic carbocycles. The first kappa shape index (κ1) is 21.4. The standard InChI is InChI=1S/C23H26BrNO4/c1-15-19(8-5-9-20(15)29-14-21(26)28-2)25-23(27)22(16-6-3-4-7-16)17-10-12-18(24)13-11-17/h5,8-13,16,22H,3-4,6-7,14H2,1-2H3,(H,25,27). The molecular formula is C23H26BrNO4. The van der Waals surface area contributed by atoms with Crippen molar-refractivity contribution in [2.45, 2.75) is 38.5 Å². The monoisotopic (exact) mass is 459 g/mol. The van der Waals surface area contributed by atoms with Crippen LogP contribution in [0.5, 0.6) is 5.75 Å². The Labute approximate surface area is 179 Å². The summed E-state index contributed by atoms with van der Waals surface area (Å²) in [5, 5.41) is 3.10. The molecule has 0 spiro atoms. The molecule has 2 aromatic rings. The van der Waals surface area contributed by atoms with Crippen molar-refractivity contribution >= 4 is 33.5 Å². The van der Waals surface area contributed by atoms with Gasteiger partial charge in [-0.3, -0.25) is 4.79 Å². The maximum atomic E-state index is 13.3. The zero-order chi connectivity index (χ0) is 20.8. The van der Waals surface area contributed by atoms with E-state index in [0.29, 0.717) is 17.4 Å². The lowest BCUT2D eigenvalue weighted by molar-refractivity contribution is -0.142. The molecule has 3 rings (SSSR count). The first-order valence-electron chi connectivity index (χ1n) is 9.85. The van der Waals surface area contributed by atoms with E-state index in [2.05, 4.69) is 26.0 Å². The Bertz CT molecular complexity index is 860. The summed E-state index contributed by atoms with van der Waals surface area (Å²) in [6.07, 6.45) is 4.46. The lowest BCUT2D eigenvalue weighted by Crippen LogP contribution is -2.27. The van der Waals surface area contributed by atoms with Gasteiger partial charge in [-0.2, -0.15) is 0 Å². The van der Waals surface area contributed by atoms with E-state index >= 15 is 0 Å². The maximum absolute atomic E-state index is 13.3. The first-order valence-corrected chi connectivity index (χ1v) is 10.6. The van der Waals surface area contributed by atoms with Gasteiger partial charge in [0.25, 0.3) is 0 Å². The molecule has 1 amide bonds. The molecule has 1 unspecified atom stereocenters. The van der Waals surface area contributed by atoms with Crippen LogP contribution in [0.15, 0.2) is 46.9 Å². The highest BCUT2D eigenvalue weighted by Gasteiger charge is 2.32. The second-order valence-electron chi connectivity index (χ2n) is 7.36. The molecule has 0 bridgehead atoms. The minimum absolute atomic E-state index is 0.00700. The zero-order valence-corrected chi connectivity index (χ0v) is 18.3. The van der Waals surface area contributed by atoms with Crippen molar-refractivity contribution in [2.24, 2.45) is 5.92 Å². The van der Waals surface area contributed by atoms with Crippen LogP contribution in [0.2, 0.25) is 0 Å². The van der Waals surface area contributed by atoms with Gasteiger partial charge in [0.1, 0.15) is 5.75 Å². The number of methoxy groups -OCH3 is 1. The van der Waals surface area contributed by atoms with Gasteiger partial charge < -0.3 is 14.8 Å². The fourth-order valence-corrected chi connectivity index (χ4v) is 4.18. The normalized spacial score (nSPS) is 15.0. The Morgan fingerprint density at radius 1 is 1.14 bits per heavy atom. The summed E-state index contributed by atoms with van der Waals surface area (Å²) in [5.74, 6) is 0.247. The molecule has 1 aliphatic rings. The zero-order valence-electron chi connectivity index (χ0n) is 16.7. The summed E-state index contributed by atoms with van der Waals surface area (Å²) < 4.78 is 11.2. The number of benzene rings is 2. The van der Waals surface area contributed by atoms with Crippen LogP contribution in [0.3, 0.4) is 0 Å². The molecule has 0 heterocycles. The summed E-state index contributed by atoms with van der Waals surface area (Å²) in [7, 11) is 1.32. The van der Waals surface area contributed by atoms with E-state index in [-0.39, 0.29) is 18.4 Å². The predicted octanol–water partition coefficient (Wildman–Crippen LogP) is 5.22. The number of carbonyl (C=O) groups excluding carboxylic acids is 2. The molecule has 0 radical (unpaired) electrons. The third-order valence-corrected chi connectivity index (χ3v) is 6.03. The highest BCUT2D eigenvalue weighted by atomic mass is 79.9. The molecular weight excluding hydrogens is 434 g/mol. The summed E-state index contributed by atoms with van der Waals surface area (Å²) in [4.78, 5) is 24.7. The van der Waals surface area contributed by atoms with E-state index in [1.54, 1.807) is 12.1 Å². The van der Waals surface area contributed by atoms with Crippen LogP contribution in [-0.4, -0.2) is 25.6 Å². The number of carbonyl (C=O) groups is 2. The van der Waals surface area contributed by atoms with Crippen LogP contribution >= 0.6 is 15.9 Å². The fraction of sp³-hybridized carbons (Fsp3) is 0.391. The molecule has 1 atom stereocenters. The highest BCUT2D eigenvalue weighted by Crippen LogP contribution is 2.39. The van der Waals surface area contributed by atoms with E-state index in [9.17, 15) is 9.59 Å². The molecule has 5 nitrogen and oxygen atoms in total. The molecule has 154 valence electrons. The first-order chi connectivity index (χ1) is 14.0. The highest BCUT2D eigenvalue weighted by molar-refractivity contribution is 9.10. The van der Waals surface area contributed by atoms with Crippen LogP contribution in [0.1, 0.15) is 42.7 Å². The number of esters is 1. The number of amides is 1. The van der Waals surface area contributed by atoms with Gasteiger partial charge >= 0.3 is 5.97 Å². The number of hydrogen-bond donors (Lipinski definition) is 1. The van der Waals surface area contributed by atoms with Crippen molar-refractivity contribution in [3.8, 4) is 5.75 Å². The average molecular weight is 460 g/mol. The maximum Gasteiger partial charge on any atom is 0.343 e. The van der Waals surface area contributed by atoms with E-state index in [0.717, 1.165) is 28.4 Å². The smallest absolute Gasteiger partial charge is 0.343 e. The largest absolute Gasteiger partial charge is 0.482 e. The Morgan fingerprint density at radius 2 is 1.83 bits per heavy atom. The second-order valence-corrected chi connectivity index (χ2v) is 8.27. The van der Waals surface area contributed by atoms with Crippen molar-refractivity contribution in [3.05, 3.63) is 58.1 Å². The Morgan fingerprint density at radius 3 is 2.48 bits per heavy atom. The van der Waals surface area contributed by atoms with Crippen LogP contribution in [0.4, 0.5) is 5.69 Å². The molecule has 0 aromatic heterocycles. The van der Waals surface area contributed by atoms with E-state index in [1.165, 1.54) is 20.0 Å². The second kappa shape index (κ2) is 9.92. The molecule has 0 saturated heterocycles. The number of nitrogens with one attached hydrogen (secondary N) is 1. The van der Waals surface area contributed by atoms with Gasteiger partial charge in [0.05, 0.1) is 13.0 Å². The van der Waals surface area contributed by atoms with Crippen LogP contribution in [0.25, 0.3) is 0 Å². The summed E-state index contributed by atoms with van der Waals surface area (Å²) >= 11 is 3.47. The minimum atomic E-state index is -0.449. The summed E-state index contributed by atoms with van der Waals surface area (Å²) in [5.41, 5.74) is 2.51. The third kappa shape index (κ3) is 5.38. The van der Waals surface area contributed by atoms with Crippen LogP contribution in [0, 0.1) is 12.8 Å². The van der Waals surface area contributed by atoms with Crippen LogP contribution < -0.4 is 10.1 Å². The summed E-state index contributed by atoms with van der Waals surface area (Å²) in [6.45, 7) is 1.70. The van der Waals surface area contributed by atoms with Crippen molar-refractivity contribution in [3.63, 3.8) is 0 Å². The Balaban J connectivity index is 1.80. The number of halogens is 1. The topological polar surface area (TPSA) is 64.6 Å². The number of hydrogen-bond acceptors (Lipinski definition) is 4. The quantitative estimate of drug-likeness (QED) is 0.576.